The Morgan fingerprint density at radius 3 is 2.89 bits per heavy atom. The van der Waals surface area contributed by atoms with Crippen molar-refractivity contribution in [2.45, 2.75) is 12.8 Å². The van der Waals surface area contributed by atoms with Gasteiger partial charge in [0.1, 0.15) is 5.82 Å². The van der Waals surface area contributed by atoms with Gasteiger partial charge in [0.05, 0.1) is 5.92 Å². The average molecular weight is 245 g/mol. The van der Waals surface area contributed by atoms with Crippen LogP contribution in [0.1, 0.15) is 17.3 Å². The molecule has 1 aromatic carbocycles. The summed E-state index contributed by atoms with van der Waals surface area (Å²) in [7, 11) is 0. The quantitative estimate of drug-likeness (QED) is 0.850. The molecule has 94 valence electrons. The maximum Gasteiger partial charge on any atom is 0.312 e. The van der Waals surface area contributed by atoms with Crippen LogP contribution in [0.25, 0.3) is 5.69 Å². The van der Waals surface area contributed by atoms with Crippen LogP contribution in [0.4, 0.5) is 0 Å². The highest BCUT2D eigenvalue weighted by molar-refractivity contribution is 5.76. The molecule has 18 heavy (non-hydrogen) atoms. The number of carboxylic acids is 1. The summed E-state index contributed by atoms with van der Waals surface area (Å²) in [6.07, 6.45) is 3.55. The predicted octanol–water partition coefficient (Wildman–Crippen LogP) is 1.31. The van der Waals surface area contributed by atoms with Gasteiger partial charge in [-0.2, -0.15) is 0 Å². The number of rotatable bonds is 4. The van der Waals surface area contributed by atoms with E-state index >= 15 is 0 Å². The van der Waals surface area contributed by atoms with Crippen LogP contribution >= 0.6 is 0 Å². The molecule has 0 fully saturated rings. The average Bonchev–Trinajstić information content (AvgIpc) is 2.76. The maximum atomic E-state index is 11.1. The van der Waals surface area contributed by atoms with Crippen molar-refractivity contribution in [3.63, 3.8) is 0 Å². The minimum atomic E-state index is -0.906. The van der Waals surface area contributed by atoms with Crippen LogP contribution in [0.5, 0.6) is 0 Å². The third-order valence-corrected chi connectivity index (χ3v) is 2.91. The number of hydrogen-bond donors (Lipinski definition) is 2. The number of carboxylic acid groups (broad SMARTS) is 1. The Balaban J connectivity index is 2.42. The van der Waals surface area contributed by atoms with Crippen LogP contribution in [-0.2, 0) is 4.79 Å². The number of hydrogen-bond acceptors (Lipinski definition) is 3. The van der Waals surface area contributed by atoms with Crippen LogP contribution in [0.2, 0.25) is 0 Å². The number of benzene rings is 1. The van der Waals surface area contributed by atoms with Crippen LogP contribution in [-0.4, -0.2) is 27.2 Å². The van der Waals surface area contributed by atoms with Gasteiger partial charge in [0, 0.05) is 24.6 Å². The monoisotopic (exact) mass is 245 g/mol. The molecular formula is C13H15N3O2. The van der Waals surface area contributed by atoms with Crippen LogP contribution in [0.3, 0.4) is 0 Å². The molecule has 0 saturated carbocycles. The summed E-state index contributed by atoms with van der Waals surface area (Å²) in [6, 6.07) is 7.35. The van der Waals surface area contributed by atoms with Gasteiger partial charge < -0.3 is 15.4 Å². The first-order valence-electron chi connectivity index (χ1n) is 5.66. The van der Waals surface area contributed by atoms with Crippen LogP contribution in [0, 0.1) is 6.92 Å². The van der Waals surface area contributed by atoms with Crippen LogP contribution in [0.15, 0.2) is 36.7 Å². The van der Waals surface area contributed by atoms with E-state index in [1.54, 1.807) is 12.3 Å². The Morgan fingerprint density at radius 2 is 2.33 bits per heavy atom. The van der Waals surface area contributed by atoms with Crippen molar-refractivity contribution < 1.29 is 9.90 Å². The second kappa shape index (κ2) is 5.01. The van der Waals surface area contributed by atoms with E-state index in [-0.39, 0.29) is 6.54 Å². The van der Waals surface area contributed by atoms with Gasteiger partial charge in [-0.3, -0.25) is 4.79 Å². The third-order valence-electron chi connectivity index (χ3n) is 2.91. The van der Waals surface area contributed by atoms with Crippen molar-refractivity contribution in [1.82, 2.24) is 9.55 Å². The highest BCUT2D eigenvalue weighted by Crippen LogP contribution is 2.19. The topological polar surface area (TPSA) is 81.1 Å². The Morgan fingerprint density at radius 1 is 1.56 bits per heavy atom. The molecule has 0 aliphatic carbocycles. The molecule has 1 heterocycles. The number of carbonyl (C=O) groups is 1. The number of imidazole rings is 1. The van der Waals surface area contributed by atoms with Gasteiger partial charge >= 0.3 is 5.97 Å². The molecule has 0 saturated heterocycles. The zero-order valence-electron chi connectivity index (χ0n) is 10.1. The lowest BCUT2D eigenvalue weighted by molar-refractivity contribution is -0.138. The summed E-state index contributed by atoms with van der Waals surface area (Å²) in [5.74, 6) is -0.724. The predicted molar refractivity (Wildman–Crippen MR) is 67.7 cm³/mol. The van der Waals surface area contributed by atoms with E-state index in [1.165, 1.54) is 0 Å². The van der Waals surface area contributed by atoms with Crippen LogP contribution < -0.4 is 5.73 Å². The highest BCUT2D eigenvalue weighted by atomic mass is 16.4. The fourth-order valence-electron chi connectivity index (χ4n) is 1.92. The minimum Gasteiger partial charge on any atom is -0.481 e. The summed E-state index contributed by atoms with van der Waals surface area (Å²) in [5.41, 5.74) is 7.10. The Labute approximate surface area is 105 Å². The molecular weight excluding hydrogens is 230 g/mol. The summed E-state index contributed by atoms with van der Waals surface area (Å²) in [5, 5.41) is 9.10. The summed E-state index contributed by atoms with van der Waals surface area (Å²) < 4.78 is 1.90. The SMILES string of the molecule is Cc1nccn1-c1cccc(C(CN)C(=O)O)c1. The molecule has 2 aromatic rings. The van der Waals surface area contributed by atoms with Crippen molar-refractivity contribution in [3.05, 3.63) is 48.0 Å². The molecule has 5 heteroatoms. The number of aryl methyl sites for hydroxylation is 1. The number of aliphatic carboxylic acids is 1. The molecule has 3 N–H and O–H groups in total. The van der Waals surface area contributed by atoms with Crippen molar-refractivity contribution in [2.24, 2.45) is 5.73 Å². The highest BCUT2D eigenvalue weighted by Gasteiger charge is 2.18. The van der Waals surface area contributed by atoms with Crippen molar-refractivity contribution in [3.8, 4) is 5.69 Å². The maximum absolute atomic E-state index is 11.1. The number of aromatic nitrogens is 2. The van der Waals surface area contributed by atoms with E-state index in [1.807, 2.05) is 35.9 Å². The van der Waals surface area contributed by atoms with Gasteiger partial charge in [-0.15, -0.1) is 0 Å². The first-order valence-corrected chi connectivity index (χ1v) is 5.66. The van der Waals surface area contributed by atoms with E-state index in [0.717, 1.165) is 11.5 Å². The molecule has 0 aliphatic heterocycles. The van der Waals surface area contributed by atoms with Crippen molar-refractivity contribution >= 4 is 5.97 Å². The van der Waals surface area contributed by atoms with Gasteiger partial charge in [-0.05, 0) is 24.6 Å². The van der Waals surface area contributed by atoms with E-state index < -0.39 is 11.9 Å². The zero-order valence-corrected chi connectivity index (χ0v) is 10.1. The molecule has 0 radical (unpaired) electrons. The number of nitrogens with two attached hydrogens (primary N) is 1. The van der Waals surface area contributed by atoms with Gasteiger partial charge in [0.15, 0.2) is 0 Å². The lowest BCUT2D eigenvalue weighted by Crippen LogP contribution is -2.21. The third kappa shape index (κ3) is 2.26. The van der Waals surface area contributed by atoms with Gasteiger partial charge in [0.2, 0.25) is 0 Å². The molecule has 1 aromatic heterocycles. The molecule has 0 aliphatic rings. The van der Waals surface area contributed by atoms with Gasteiger partial charge in [-0.1, -0.05) is 12.1 Å². The standard InChI is InChI=1S/C13H15N3O2/c1-9-15-5-6-16(9)11-4-2-3-10(7-11)12(8-14)13(17)18/h2-7,12H,8,14H2,1H3,(H,17,18). The van der Waals surface area contributed by atoms with Gasteiger partial charge in [-0.25, -0.2) is 4.98 Å². The first kappa shape index (κ1) is 12.3. The first-order chi connectivity index (χ1) is 8.63. The molecule has 0 amide bonds. The zero-order chi connectivity index (χ0) is 13.1. The minimum absolute atomic E-state index is 0.0850. The largest absolute Gasteiger partial charge is 0.481 e. The summed E-state index contributed by atoms with van der Waals surface area (Å²) >= 11 is 0. The molecule has 0 spiro atoms. The van der Waals surface area contributed by atoms with E-state index in [2.05, 4.69) is 4.98 Å². The Hall–Kier alpha value is -2.14. The Bertz CT molecular complexity index is 563. The van der Waals surface area contributed by atoms with Gasteiger partial charge in [0.25, 0.3) is 0 Å². The second-order valence-electron chi connectivity index (χ2n) is 4.07. The van der Waals surface area contributed by atoms with E-state index in [4.69, 9.17) is 10.8 Å². The molecule has 1 unspecified atom stereocenters. The normalized spacial score (nSPS) is 12.3. The molecule has 2 rings (SSSR count). The number of nitrogens with zero attached hydrogens (tertiary/aromatic N) is 2. The second-order valence-corrected chi connectivity index (χ2v) is 4.07. The fraction of sp³-hybridized carbons (Fsp3) is 0.231. The molecule has 1 atom stereocenters. The summed E-state index contributed by atoms with van der Waals surface area (Å²) in [4.78, 5) is 15.2. The van der Waals surface area contributed by atoms with Crippen molar-refractivity contribution in [2.75, 3.05) is 6.54 Å². The fourth-order valence-corrected chi connectivity index (χ4v) is 1.92. The smallest absolute Gasteiger partial charge is 0.312 e. The Kier molecular flexibility index (Phi) is 3.43. The molecule has 5 nitrogen and oxygen atoms in total. The molecule has 0 bridgehead atoms. The lowest BCUT2D eigenvalue weighted by atomic mass is 9.99. The van der Waals surface area contributed by atoms with E-state index in [0.29, 0.717) is 5.56 Å². The van der Waals surface area contributed by atoms with E-state index in [9.17, 15) is 4.79 Å². The lowest BCUT2D eigenvalue weighted by Gasteiger charge is -2.12. The van der Waals surface area contributed by atoms with Crippen molar-refractivity contribution in [1.29, 1.82) is 0 Å². The summed E-state index contributed by atoms with van der Waals surface area (Å²) in [6.45, 7) is 1.98.